The first-order valence-corrected chi connectivity index (χ1v) is 9.30. The zero-order valence-electron chi connectivity index (χ0n) is 14.8. The number of hydrogen-bond donors (Lipinski definition) is 2. The summed E-state index contributed by atoms with van der Waals surface area (Å²) in [5.74, 6) is -0.284. The van der Waals surface area contributed by atoms with Crippen LogP contribution >= 0.6 is 11.3 Å². The first-order chi connectivity index (χ1) is 11.9. The van der Waals surface area contributed by atoms with E-state index in [1.54, 1.807) is 11.3 Å². The Bertz CT molecular complexity index is 800. The van der Waals surface area contributed by atoms with E-state index < -0.39 is 6.03 Å². The highest BCUT2D eigenvalue weighted by atomic mass is 32.1. The maximum Gasteiger partial charge on any atom is 0.325 e. The summed E-state index contributed by atoms with van der Waals surface area (Å²) in [7, 11) is 0. The zero-order valence-corrected chi connectivity index (χ0v) is 15.6. The van der Waals surface area contributed by atoms with Gasteiger partial charge in [0.2, 0.25) is 5.91 Å². The number of anilines is 1. The normalized spacial score (nSPS) is 17.0. The summed E-state index contributed by atoms with van der Waals surface area (Å²) in [6.45, 7) is 7.09. The van der Waals surface area contributed by atoms with Gasteiger partial charge in [0.15, 0.2) is 0 Å². The van der Waals surface area contributed by atoms with Crippen molar-refractivity contribution in [2.45, 2.75) is 33.2 Å². The molecule has 0 unspecified atom stereocenters. The van der Waals surface area contributed by atoms with Crippen LogP contribution in [0, 0.1) is 13.8 Å². The molecule has 2 aromatic rings. The number of fused-ring (bicyclic) bond motifs is 1. The second-order valence-electron chi connectivity index (χ2n) is 6.52. The number of imide groups is 1. The van der Waals surface area contributed by atoms with Gasteiger partial charge in [-0.15, -0.1) is 11.3 Å². The summed E-state index contributed by atoms with van der Waals surface area (Å²) in [6, 6.07) is 7.60. The van der Waals surface area contributed by atoms with E-state index in [-0.39, 0.29) is 18.5 Å². The largest absolute Gasteiger partial charge is 0.325 e. The summed E-state index contributed by atoms with van der Waals surface area (Å²) >= 11 is 1.77. The molecule has 132 valence electrons. The molecule has 0 spiro atoms. The molecule has 3 amide bonds. The fourth-order valence-electron chi connectivity index (χ4n) is 3.24. The molecule has 3 rings (SSSR count). The predicted octanol–water partition coefficient (Wildman–Crippen LogP) is 3.63. The molecule has 2 heterocycles. The number of benzene rings is 1. The van der Waals surface area contributed by atoms with E-state index in [1.165, 1.54) is 10.4 Å². The van der Waals surface area contributed by atoms with Gasteiger partial charge in [0.25, 0.3) is 0 Å². The molecule has 1 aromatic heterocycles. The average Bonchev–Trinajstić information content (AvgIpc) is 3.02. The van der Waals surface area contributed by atoms with Gasteiger partial charge in [-0.25, -0.2) is 4.79 Å². The summed E-state index contributed by atoms with van der Waals surface area (Å²) in [5.41, 5.74) is 4.11. The molecular formula is C19H23N3O2S. The Morgan fingerprint density at radius 2 is 2.08 bits per heavy atom. The molecule has 1 aliphatic rings. The quantitative estimate of drug-likeness (QED) is 0.882. The molecule has 0 radical (unpaired) electrons. The molecule has 1 atom stereocenters. The van der Waals surface area contributed by atoms with Crippen LogP contribution in [0.5, 0.6) is 0 Å². The van der Waals surface area contributed by atoms with E-state index in [0.717, 1.165) is 24.1 Å². The van der Waals surface area contributed by atoms with Gasteiger partial charge in [-0.2, -0.15) is 0 Å². The number of aryl methyl sites for hydroxylation is 2. The summed E-state index contributed by atoms with van der Waals surface area (Å²) in [5, 5.41) is 7.27. The minimum Gasteiger partial charge on any atom is -0.307 e. The van der Waals surface area contributed by atoms with Crippen LogP contribution in [0.2, 0.25) is 0 Å². The maximum absolute atomic E-state index is 12.2. The Kier molecular flexibility index (Phi) is 5.20. The molecule has 2 N–H and O–H groups in total. The first kappa shape index (κ1) is 17.6. The Morgan fingerprint density at radius 1 is 1.28 bits per heavy atom. The van der Waals surface area contributed by atoms with Crippen LogP contribution in [-0.4, -0.2) is 29.9 Å². The van der Waals surface area contributed by atoms with Gasteiger partial charge in [-0.05, 0) is 55.8 Å². The van der Waals surface area contributed by atoms with E-state index in [2.05, 4.69) is 33.9 Å². The maximum atomic E-state index is 12.2. The van der Waals surface area contributed by atoms with Crippen molar-refractivity contribution in [2.24, 2.45) is 0 Å². The number of rotatable bonds is 3. The number of amides is 3. The second-order valence-corrected chi connectivity index (χ2v) is 7.52. The second kappa shape index (κ2) is 7.37. The summed E-state index contributed by atoms with van der Waals surface area (Å²) < 4.78 is 0. The standard InChI is InChI=1S/C19H23N3O2S/c1-12-4-5-16(13(2)10-12)20-19(24)21-18(23)11-22-8-6-17-15(14(22)3)7-9-25-17/h4-5,7,9-10,14H,6,8,11H2,1-3H3,(H2,20,21,23,24)/t14-/m1/s1. The van der Waals surface area contributed by atoms with Crippen molar-refractivity contribution < 1.29 is 9.59 Å². The number of carbonyl (C=O) groups excluding carboxylic acids is 2. The lowest BCUT2D eigenvalue weighted by molar-refractivity contribution is -0.121. The van der Waals surface area contributed by atoms with Crippen molar-refractivity contribution in [3.05, 3.63) is 51.2 Å². The number of carbonyl (C=O) groups is 2. The average molecular weight is 357 g/mol. The van der Waals surface area contributed by atoms with Gasteiger partial charge in [0, 0.05) is 23.2 Å². The van der Waals surface area contributed by atoms with Crippen LogP contribution < -0.4 is 10.6 Å². The van der Waals surface area contributed by atoms with Gasteiger partial charge in [-0.3, -0.25) is 15.0 Å². The molecule has 0 fully saturated rings. The van der Waals surface area contributed by atoms with Gasteiger partial charge < -0.3 is 5.32 Å². The Labute approximate surface area is 152 Å². The van der Waals surface area contributed by atoms with E-state index in [4.69, 9.17) is 0 Å². The van der Waals surface area contributed by atoms with Gasteiger partial charge in [-0.1, -0.05) is 17.7 Å². The number of nitrogens with one attached hydrogen (secondary N) is 2. The molecule has 0 bridgehead atoms. The third-order valence-corrected chi connectivity index (χ3v) is 5.63. The third kappa shape index (κ3) is 4.08. The predicted molar refractivity (Wildman–Crippen MR) is 101 cm³/mol. The zero-order chi connectivity index (χ0) is 18.0. The number of hydrogen-bond acceptors (Lipinski definition) is 4. The van der Waals surface area contributed by atoms with Gasteiger partial charge in [0.1, 0.15) is 0 Å². The molecule has 0 saturated heterocycles. The van der Waals surface area contributed by atoms with Crippen LogP contribution in [0.25, 0.3) is 0 Å². The molecule has 25 heavy (non-hydrogen) atoms. The van der Waals surface area contributed by atoms with Gasteiger partial charge >= 0.3 is 6.03 Å². The lowest BCUT2D eigenvalue weighted by Crippen LogP contribution is -2.44. The SMILES string of the molecule is Cc1ccc(NC(=O)NC(=O)CN2CCc3sccc3[C@H]2C)c(C)c1. The van der Waals surface area contributed by atoms with Gasteiger partial charge in [0.05, 0.1) is 6.54 Å². The number of urea groups is 1. The monoisotopic (exact) mass is 357 g/mol. The van der Waals surface area contributed by atoms with E-state index >= 15 is 0 Å². The highest BCUT2D eigenvalue weighted by molar-refractivity contribution is 7.10. The van der Waals surface area contributed by atoms with E-state index in [9.17, 15) is 9.59 Å². The van der Waals surface area contributed by atoms with Crippen molar-refractivity contribution in [1.29, 1.82) is 0 Å². The Hall–Kier alpha value is -2.18. The van der Waals surface area contributed by atoms with Crippen LogP contribution in [0.3, 0.4) is 0 Å². The molecular weight excluding hydrogens is 334 g/mol. The molecule has 1 aromatic carbocycles. The van der Waals surface area contributed by atoms with Crippen LogP contribution in [0.15, 0.2) is 29.6 Å². The fourth-order valence-corrected chi connectivity index (χ4v) is 4.20. The van der Waals surface area contributed by atoms with Crippen molar-refractivity contribution in [2.75, 3.05) is 18.4 Å². The highest BCUT2D eigenvalue weighted by Crippen LogP contribution is 2.32. The topological polar surface area (TPSA) is 61.4 Å². The van der Waals surface area contributed by atoms with Crippen molar-refractivity contribution >= 4 is 29.0 Å². The fraction of sp³-hybridized carbons (Fsp3) is 0.368. The minimum atomic E-state index is -0.488. The number of nitrogens with zero attached hydrogens (tertiary/aromatic N) is 1. The number of thiophene rings is 1. The minimum absolute atomic E-state index is 0.197. The highest BCUT2D eigenvalue weighted by Gasteiger charge is 2.26. The first-order valence-electron chi connectivity index (χ1n) is 8.42. The van der Waals surface area contributed by atoms with Crippen molar-refractivity contribution in [3.8, 4) is 0 Å². The third-order valence-electron chi connectivity index (χ3n) is 4.63. The summed E-state index contributed by atoms with van der Waals surface area (Å²) in [6.07, 6.45) is 0.958. The Balaban J connectivity index is 1.55. The lowest BCUT2D eigenvalue weighted by atomic mass is 10.0. The molecule has 1 aliphatic heterocycles. The van der Waals surface area contributed by atoms with Crippen molar-refractivity contribution in [3.63, 3.8) is 0 Å². The van der Waals surface area contributed by atoms with E-state index in [0.29, 0.717) is 5.69 Å². The van der Waals surface area contributed by atoms with Crippen LogP contribution in [-0.2, 0) is 11.2 Å². The van der Waals surface area contributed by atoms with Crippen LogP contribution in [0.4, 0.5) is 10.5 Å². The smallest absolute Gasteiger partial charge is 0.307 e. The molecule has 6 heteroatoms. The van der Waals surface area contributed by atoms with Crippen molar-refractivity contribution in [1.82, 2.24) is 10.2 Å². The molecule has 0 aliphatic carbocycles. The summed E-state index contributed by atoms with van der Waals surface area (Å²) in [4.78, 5) is 27.8. The Morgan fingerprint density at radius 3 is 2.84 bits per heavy atom. The lowest BCUT2D eigenvalue weighted by Gasteiger charge is -2.32. The molecule has 0 saturated carbocycles. The molecule has 5 nitrogen and oxygen atoms in total. The van der Waals surface area contributed by atoms with E-state index in [1.807, 2.05) is 32.0 Å². The van der Waals surface area contributed by atoms with Crippen LogP contribution in [0.1, 0.15) is 34.5 Å².